The summed E-state index contributed by atoms with van der Waals surface area (Å²) in [5.41, 5.74) is 7.73. The molecule has 1 aromatic heterocycles. The molecule has 1 atom stereocenters. The van der Waals surface area contributed by atoms with E-state index in [-0.39, 0.29) is 6.04 Å². The van der Waals surface area contributed by atoms with Crippen LogP contribution in [0, 0.1) is 6.92 Å². The number of rotatable bonds is 2. The molecule has 1 aromatic rings. The zero-order chi connectivity index (χ0) is 11.4. The molecule has 0 fully saturated rings. The highest BCUT2D eigenvalue weighted by molar-refractivity contribution is 7.11. The Morgan fingerprint density at radius 1 is 1.31 bits per heavy atom. The summed E-state index contributed by atoms with van der Waals surface area (Å²) in [6.07, 6.45) is 12.0. The van der Waals surface area contributed by atoms with E-state index in [1.165, 1.54) is 42.6 Å². The average molecular weight is 236 g/mol. The first-order chi connectivity index (χ1) is 7.77. The van der Waals surface area contributed by atoms with Crippen molar-refractivity contribution in [2.45, 2.75) is 51.5 Å². The van der Waals surface area contributed by atoms with Gasteiger partial charge in [0.25, 0.3) is 0 Å². The predicted molar refractivity (Wildman–Crippen MR) is 69.6 cm³/mol. The van der Waals surface area contributed by atoms with Gasteiger partial charge in [0.05, 0.1) is 11.0 Å². The molecule has 0 saturated heterocycles. The molecule has 1 aliphatic carbocycles. The lowest BCUT2D eigenvalue weighted by Gasteiger charge is -2.16. The number of nitrogens with zero attached hydrogens (tertiary/aromatic N) is 1. The van der Waals surface area contributed by atoms with Crippen LogP contribution in [0.2, 0.25) is 0 Å². The predicted octanol–water partition coefficient (Wildman–Crippen LogP) is 3.73. The van der Waals surface area contributed by atoms with E-state index in [4.69, 9.17) is 5.73 Å². The lowest BCUT2D eigenvalue weighted by molar-refractivity contribution is 0.604. The molecule has 2 nitrogen and oxygen atoms in total. The average Bonchev–Trinajstić information content (AvgIpc) is 2.63. The highest BCUT2D eigenvalue weighted by Gasteiger charge is 2.14. The van der Waals surface area contributed by atoms with Crippen LogP contribution in [0.5, 0.6) is 0 Å². The quantitative estimate of drug-likeness (QED) is 0.795. The molecule has 0 radical (unpaired) electrons. The van der Waals surface area contributed by atoms with Gasteiger partial charge < -0.3 is 5.73 Å². The highest BCUT2D eigenvalue weighted by Crippen LogP contribution is 2.29. The first-order valence-corrected chi connectivity index (χ1v) is 6.96. The number of aryl methyl sites for hydroxylation is 1. The molecule has 0 bridgehead atoms. The second kappa shape index (κ2) is 5.60. The summed E-state index contributed by atoms with van der Waals surface area (Å²) in [7, 11) is 0. The van der Waals surface area contributed by atoms with Gasteiger partial charge in [0, 0.05) is 11.1 Å². The number of hydrogen-bond acceptors (Lipinski definition) is 3. The second-order valence-electron chi connectivity index (χ2n) is 4.49. The van der Waals surface area contributed by atoms with Crippen molar-refractivity contribution in [2.75, 3.05) is 0 Å². The number of allylic oxidation sites excluding steroid dienone is 1. The van der Waals surface area contributed by atoms with Crippen LogP contribution in [-0.4, -0.2) is 4.98 Å². The normalized spacial score (nSPS) is 23.0. The van der Waals surface area contributed by atoms with Crippen LogP contribution in [0.1, 0.15) is 54.5 Å². The molecule has 0 saturated carbocycles. The third-order valence-corrected chi connectivity index (χ3v) is 4.17. The molecule has 2 N–H and O–H groups in total. The Balaban J connectivity index is 2.09. The van der Waals surface area contributed by atoms with E-state index >= 15 is 0 Å². The van der Waals surface area contributed by atoms with Crippen LogP contribution < -0.4 is 5.73 Å². The third-order valence-electron chi connectivity index (χ3n) is 3.17. The Morgan fingerprint density at radius 2 is 2.12 bits per heavy atom. The molecular weight excluding hydrogens is 216 g/mol. The topological polar surface area (TPSA) is 38.9 Å². The lowest BCUT2D eigenvalue weighted by atomic mass is 9.95. The molecule has 1 unspecified atom stereocenters. The summed E-state index contributed by atoms with van der Waals surface area (Å²) in [5.74, 6) is 0. The van der Waals surface area contributed by atoms with E-state index in [0.29, 0.717) is 0 Å². The monoisotopic (exact) mass is 236 g/mol. The van der Waals surface area contributed by atoms with Crippen LogP contribution in [0.25, 0.3) is 0 Å². The van der Waals surface area contributed by atoms with Crippen molar-refractivity contribution in [1.29, 1.82) is 0 Å². The summed E-state index contributed by atoms with van der Waals surface area (Å²) in [5, 5.41) is 1.11. The summed E-state index contributed by atoms with van der Waals surface area (Å²) < 4.78 is 0. The van der Waals surface area contributed by atoms with Gasteiger partial charge in [0.2, 0.25) is 0 Å². The SMILES string of the molecule is Cc1ncc(C(N)/C2=C/CCCCCC2)s1. The molecule has 1 aliphatic rings. The van der Waals surface area contributed by atoms with Gasteiger partial charge in [0.1, 0.15) is 0 Å². The van der Waals surface area contributed by atoms with E-state index in [9.17, 15) is 0 Å². The molecule has 0 amide bonds. The first-order valence-electron chi connectivity index (χ1n) is 6.14. The zero-order valence-corrected chi connectivity index (χ0v) is 10.7. The van der Waals surface area contributed by atoms with Crippen molar-refractivity contribution < 1.29 is 0 Å². The van der Waals surface area contributed by atoms with Crippen molar-refractivity contribution in [2.24, 2.45) is 5.73 Å². The largest absolute Gasteiger partial charge is 0.320 e. The van der Waals surface area contributed by atoms with E-state index in [0.717, 1.165) is 11.4 Å². The van der Waals surface area contributed by atoms with Crippen molar-refractivity contribution in [1.82, 2.24) is 4.98 Å². The van der Waals surface area contributed by atoms with Gasteiger partial charge in [-0.2, -0.15) is 0 Å². The van der Waals surface area contributed by atoms with E-state index in [2.05, 4.69) is 11.1 Å². The molecule has 0 aromatic carbocycles. The lowest BCUT2D eigenvalue weighted by Crippen LogP contribution is -2.12. The molecular formula is C13H20N2S. The van der Waals surface area contributed by atoms with Crippen molar-refractivity contribution in [3.05, 3.63) is 27.7 Å². The van der Waals surface area contributed by atoms with E-state index in [1.807, 2.05) is 13.1 Å². The van der Waals surface area contributed by atoms with Crippen molar-refractivity contribution in [3.63, 3.8) is 0 Å². The number of aromatic nitrogens is 1. The molecule has 2 rings (SSSR count). The van der Waals surface area contributed by atoms with Gasteiger partial charge in [-0.15, -0.1) is 11.3 Å². The van der Waals surface area contributed by atoms with Gasteiger partial charge in [-0.05, 0) is 32.6 Å². The molecule has 0 aliphatic heterocycles. The maximum absolute atomic E-state index is 6.31. The van der Waals surface area contributed by atoms with Crippen LogP contribution >= 0.6 is 11.3 Å². The molecule has 1 heterocycles. The minimum Gasteiger partial charge on any atom is -0.320 e. The smallest absolute Gasteiger partial charge is 0.0897 e. The van der Waals surface area contributed by atoms with E-state index < -0.39 is 0 Å². The fourth-order valence-electron chi connectivity index (χ4n) is 2.20. The summed E-state index contributed by atoms with van der Waals surface area (Å²) >= 11 is 1.72. The van der Waals surface area contributed by atoms with Crippen molar-refractivity contribution in [3.8, 4) is 0 Å². The van der Waals surface area contributed by atoms with Gasteiger partial charge in [-0.1, -0.05) is 24.5 Å². The Kier molecular flexibility index (Phi) is 4.13. The summed E-state index contributed by atoms with van der Waals surface area (Å²) in [4.78, 5) is 5.50. The standard InChI is InChI=1S/C13H20N2S/c1-10-15-9-12(16-10)13(14)11-7-5-3-2-4-6-8-11/h7,9,13H,2-6,8,14H2,1H3/b11-7+. The van der Waals surface area contributed by atoms with Crippen LogP contribution in [-0.2, 0) is 0 Å². The van der Waals surface area contributed by atoms with Gasteiger partial charge in [-0.25, -0.2) is 4.98 Å². The summed E-state index contributed by atoms with van der Waals surface area (Å²) in [6.45, 7) is 2.04. The Labute approximate surface area is 102 Å². The minimum absolute atomic E-state index is 0.0873. The number of hydrogen-bond donors (Lipinski definition) is 1. The maximum atomic E-state index is 6.31. The Bertz CT molecular complexity index is 368. The van der Waals surface area contributed by atoms with Gasteiger partial charge >= 0.3 is 0 Å². The number of nitrogens with two attached hydrogens (primary N) is 1. The molecule has 0 spiro atoms. The zero-order valence-electron chi connectivity index (χ0n) is 9.91. The van der Waals surface area contributed by atoms with Crippen LogP contribution in [0.3, 0.4) is 0 Å². The molecule has 16 heavy (non-hydrogen) atoms. The number of thiazole rings is 1. The highest BCUT2D eigenvalue weighted by atomic mass is 32.1. The molecule has 3 heteroatoms. The van der Waals surface area contributed by atoms with Crippen molar-refractivity contribution >= 4 is 11.3 Å². The first kappa shape index (κ1) is 11.8. The fraction of sp³-hybridized carbons (Fsp3) is 0.615. The molecule has 88 valence electrons. The Hall–Kier alpha value is -0.670. The second-order valence-corrected chi connectivity index (χ2v) is 5.76. The maximum Gasteiger partial charge on any atom is 0.0897 e. The summed E-state index contributed by atoms with van der Waals surface area (Å²) in [6, 6.07) is 0.0873. The van der Waals surface area contributed by atoms with Gasteiger partial charge in [-0.3, -0.25) is 0 Å². The van der Waals surface area contributed by atoms with Crippen LogP contribution in [0.15, 0.2) is 17.8 Å². The van der Waals surface area contributed by atoms with E-state index in [1.54, 1.807) is 11.3 Å². The third kappa shape index (κ3) is 2.92. The fourth-order valence-corrected chi connectivity index (χ4v) is 3.03. The van der Waals surface area contributed by atoms with Crippen LogP contribution in [0.4, 0.5) is 0 Å². The minimum atomic E-state index is 0.0873. The van der Waals surface area contributed by atoms with Gasteiger partial charge in [0.15, 0.2) is 0 Å². The Morgan fingerprint density at radius 3 is 2.88 bits per heavy atom.